The first-order valence-corrected chi connectivity index (χ1v) is 5.93. The number of anilines is 1. The average Bonchev–Trinajstić information content (AvgIpc) is 2.73. The van der Waals surface area contributed by atoms with Gasteiger partial charge in [0.25, 0.3) is 0 Å². The average molecular weight is 259 g/mol. The molecule has 0 fully saturated rings. The molecule has 5 heteroatoms. The van der Waals surface area contributed by atoms with Crippen LogP contribution in [0.25, 0.3) is 5.65 Å². The SMILES string of the molecule is Nc1cnc2cc(Cc3ccccc3Cl)nn2c1. The van der Waals surface area contributed by atoms with Crippen LogP contribution in [0.1, 0.15) is 11.3 Å². The summed E-state index contributed by atoms with van der Waals surface area (Å²) in [4.78, 5) is 4.21. The predicted molar refractivity (Wildman–Crippen MR) is 71.7 cm³/mol. The molecular formula is C13H11ClN4. The van der Waals surface area contributed by atoms with Gasteiger partial charge in [-0.1, -0.05) is 29.8 Å². The number of nitrogens with two attached hydrogens (primary N) is 1. The highest BCUT2D eigenvalue weighted by Crippen LogP contribution is 2.18. The molecule has 0 bridgehead atoms. The van der Waals surface area contributed by atoms with Gasteiger partial charge in [0.05, 0.1) is 23.8 Å². The number of halogens is 1. The van der Waals surface area contributed by atoms with Crippen molar-refractivity contribution in [2.75, 3.05) is 5.73 Å². The summed E-state index contributed by atoms with van der Waals surface area (Å²) in [5, 5.41) is 5.18. The lowest BCUT2D eigenvalue weighted by Crippen LogP contribution is -1.95. The molecule has 2 N–H and O–H groups in total. The molecule has 90 valence electrons. The van der Waals surface area contributed by atoms with E-state index in [0.717, 1.165) is 21.9 Å². The van der Waals surface area contributed by atoms with E-state index in [1.807, 2.05) is 30.3 Å². The van der Waals surface area contributed by atoms with Crippen molar-refractivity contribution in [1.82, 2.24) is 14.6 Å². The number of nitrogen functional groups attached to an aromatic ring is 1. The van der Waals surface area contributed by atoms with E-state index >= 15 is 0 Å². The lowest BCUT2D eigenvalue weighted by molar-refractivity contribution is 0.899. The number of aromatic nitrogens is 3. The molecule has 0 unspecified atom stereocenters. The van der Waals surface area contributed by atoms with Crippen molar-refractivity contribution in [3.63, 3.8) is 0 Å². The van der Waals surface area contributed by atoms with E-state index in [1.165, 1.54) is 0 Å². The zero-order valence-electron chi connectivity index (χ0n) is 9.55. The van der Waals surface area contributed by atoms with Crippen LogP contribution >= 0.6 is 11.6 Å². The van der Waals surface area contributed by atoms with Gasteiger partial charge in [-0.05, 0) is 11.6 Å². The molecule has 3 aromatic rings. The van der Waals surface area contributed by atoms with E-state index in [-0.39, 0.29) is 0 Å². The van der Waals surface area contributed by atoms with Gasteiger partial charge in [-0.15, -0.1) is 0 Å². The van der Waals surface area contributed by atoms with Crippen LogP contribution in [-0.2, 0) is 6.42 Å². The van der Waals surface area contributed by atoms with E-state index < -0.39 is 0 Å². The minimum absolute atomic E-state index is 0.592. The minimum Gasteiger partial charge on any atom is -0.396 e. The maximum absolute atomic E-state index is 6.13. The van der Waals surface area contributed by atoms with Crippen molar-refractivity contribution in [1.29, 1.82) is 0 Å². The Morgan fingerprint density at radius 2 is 2.11 bits per heavy atom. The summed E-state index contributed by atoms with van der Waals surface area (Å²) in [7, 11) is 0. The van der Waals surface area contributed by atoms with Crippen molar-refractivity contribution < 1.29 is 0 Å². The molecule has 0 atom stereocenters. The fraction of sp³-hybridized carbons (Fsp3) is 0.0769. The van der Waals surface area contributed by atoms with Crippen molar-refractivity contribution in [3.8, 4) is 0 Å². The number of hydrogen-bond acceptors (Lipinski definition) is 3. The maximum Gasteiger partial charge on any atom is 0.155 e. The summed E-state index contributed by atoms with van der Waals surface area (Å²) >= 11 is 6.13. The Bertz CT molecular complexity index is 705. The Labute approximate surface area is 109 Å². The number of benzene rings is 1. The van der Waals surface area contributed by atoms with Crippen LogP contribution in [0.5, 0.6) is 0 Å². The maximum atomic E-state index is 6.13. The van der Waals surface area contributed by atoms with Crippen LogP contribution in [0, 0.1) is 0 Å². The van der Waals surface area contributed by atoms with E-state index in [2.05, 4.69) is 10.1 Å². The first-order chi connectivity index (χ1) is 8.72. The zero-order chi connectivity index (χ0) is 12.5. The lowest BCUT2D eigenvalue weighted by Gasteiger charge is -2.00. The molecule has 0 aliphatic carbocycles. The Hall–Kier alpha value is -2.07. The smallest absolute Gasteiger partial charge is 0.155 e. The molecule has 18 heavy (non-hydrogen) atoms. The summed E-state index contributed by atoms with van der Waals surface area (Å²) in [5.74, 6) is 0. The third kappa shape index (κ3) is 2.02. The molecule has 0 radical (unpaired) electrons. The molecule has 0 aliphatic rings. The first kappa shape index (κ1) is 11.0. The molecule has 0 saturated carbocycles. The van der Waals surface area contributed by atoms with Gasteiger partial charge in [0, 0.05) is 17.5 Å². The third-order valence-electron chi connectivity index (χ3n) is 2.71. The van der Waals surface area contributed by atoms with Gasteiger partial charge in [0.15, 0.2) is 5.65 Å². The Morgan fingerprint density at radius 1 is 1.28 bits per heavy atom. The van der Waals surface area contributed by atoms with Gasteiger partial charge in [-0.25, -0.2) is 9.50 Å². The van der Waals surface area contributed by atoms with Gasteiger partial charge >= 0.3 is 0 Å². The molecule has 0 aliphatic heterocycles. The quantitative estimate of drug-likeness (QED) is 0.769. The molecule has 2 heterocycles. The van der Waals surface area contributed by atoms with Crippen molar-refractivity contribution in [2.24, 2.45) is 0 Å². The zero-order valence-corrected chi connectivity index (χ0v) is 10.3. The number of hydrogen-bond donors (Lipinski definition) is 1. The standard InChI is InChI=1S/C13H11ClN4/c14-12-4-2-1-3-9(12)5-11-6-13-16-7-10(15)8-18(13)17-11/h1-4,6-8H,5,15H2. The monoisotopic (exact) mass is 258 g/mol. The van der Waals surface area contributed by atoms with Gasteiger partial charge in [-0.3, -0.25) is 0 Å². The second kappa shape index (κ2) is 4.31. The summed E-state index contributed by atoms with van der Waals surface area (Å²) in [5.41, 5.74) is 9.01. The fourth-order valence-corrected chi connectivity index (χ4v) is 2.07. The van der Waals surface area contributed by atoms with Crippen LogP contribution in [-0.4, -0.2) is 14.6 Å². The number of nitrogens with zero attached hydrogens (tertiary/aromatic N) is 3. The first-order valence-electron chi connectivity index (χ1n) is 5.55. The number of rotatable bonds is 2. The van der Waals surface area contributed by atoms with Gasteiger partial charge in [-0.2, -0.15) is 5.10 Å². The molecule has 1 aromatic carbocycles. The Kier molecular flexibility index (Phi) is 2.64. The largest absolute Gasteiger partial charge is 0.396 e. The predicted octanol–water partition coefficient (Wildman–Crippen LogP) is 2.56. The van der Waals surface area contributed by atoms with E-state index in [1.54, 1.807) is 16.9 Å². The molecular weight excluding hydrogens is 248 g/mol. The van der Waals surface area contributed by atoms with Crippen molar-refractivity contribution >= 4 is 22.9 Å². The van der Waals surface area contributed by atoms with Crippen molar-refractivity contribution in [2.45, 2.75) is 6.42 Å². The van der Waals surface area contributed by atoms with E-state index in [0.29, 0.717) is 12.1 Å². The van der Waals surface area contributed by atoms with Gasteiger partial charge < -0.3 is 5.73 Å². The minimum atomic E-state index is 0.592. The second-order valence-electron chi connectivity index (χ2n) is 4.09. The van der Waals surface area contributed by atoms with Crippen LogP contribution in [0.2, 0.25) is 5.02 Å². The molecule has 0 amide bonds. The van der Waals surface area contributed by atoms with Crippen molar-refractivity contribution in [3.05, 3.63) is 59.0 Å². The molecule has 0 spiro atoms. The highest BCUT2D eigenvalue weighted by atomic mass is 35.5. The Morgan fingerprint density at radius 3 is 2.94 bits per heavy atom. The van der Waals surface area contributed by atoms with Crippen LogP contribution in [0.3, 0.4) is 0 Å². The summed E-state index contributed by atoms with van der Waals surface area (Å²) in [6.07, 6.45) is 4.05. The molecule has 3 rings (SSSR count). The van der Waals surface area contributed by atoms with Crippen LogP contribution in [0.4, 0.5) is 5.69 Å². The lowest BCUT2D eigenvalue weighted by atomic mass is 10.1. The van der Waals surface area contributed by atoms with Crippen LogP contribution in [0.15, 0.2) is 42.7 Å². The number of fused-ring (bicyclic) bond motifs is 1. The summed E-state index contributed by atoms with van der Waals surface area (Å²) in [6, 6.07) is 9.69. The fourth-order valence-electron chi connectivity index (χ4n) is 1.86. The summed E-state index contributed by atoms with van der Waals surface area (Å²) in [6.45, 7) is 0. The summed E-state index contributed by atoms with van der Waals surface area (Å²) < 4.78 is 1.68. The van der Waals surface area contributed by atoms with Gasteiger partial charge in [0.1, 0.15) is 0 Å². The highest BCUT2D eigenvalue weighted by molar-refractivity contribution is 6.31. The molecule has 4 nitrogen and oxygen atoms in total. The second-order valence-corrected chi connectivity index (χ2v) is 4.50. The highest BCUT2D eigenvalue weighted by Gasteiger charge is 2.06. The van der Waals surface area contributed by atoms with Crippen LogP contribution < -0.4 is 5.73 Å². The van der Waals surface area contributed by atoms with Gasteiger partial charge in [0.2, 0.25) is 0 Å². The normalized spacial score (nSPS) is 10.9. The molecule has 0 saturated heterocycles. The third-order valence-corrected chi connectivity index (χ3v) is 3.08. The Balaban J connectivity index is 1.98. The van der Waals surface area contributed by atoms with E-state index in [9.17, 15) is 0 Å². The molecule has 2 aromatic heterocycles. The van der Waals surface area contributed by atoms with E-state index in [4.69, 9.17) is 17.3 Å². The topological polar surface area (TPSA) is 56.2 Å².